The lowest BCUT2D eigenvalue weighted by Gasteiger charge is -2.23. The number of hydrogen-bond acceptors (Lipinski definition) is 3. The first kappa shape index (κ1) is 15.8. The second-order valence-electron chi connectivity index (χ2n) is 5.61. The second-order valence-corrected chi connectivity index (χ2v) is 6.05. The van der Waals surface area contributed by atoms with E-state index in [0.717, 1.165) is 0 Å². The van der Waals surface area contributed by atoms with E-state index in [0.29, 0.717) is 17.1 Å². The number of aromatic hydroxyl groups is 1. The number of phenolic OH excluding ortho intramolecular Hbond substituents is 1. The molecule has 1 aromatic carbocycles. The minimum atomic E-state index is -0.349. The van der Waals surface area contributed by atoms with E-state index < -0.39 is 0 Å². The Bertz CT molecular complexity index is 455. The summed E-state index contributed by atoms with van der Waals surface area (Å²) in [6.07, 6.45) is 0. The molecule has 5 heteroatoms. The van der Waals surface area contributed by atoms with Gasteiger partial charge in [0.25, 0.3) is 0 Å². The molecule has 19 heavy (non-hydrogen) atoms. The lowest BCUT2D eigenvalue weighted by molar-refractivity contribution is -0.124. The summed E-state index contributed by atoms with van der Waals surface area (Å²) in [5.74, 6) is 0.0920. The van der Waals surface area contributed by atoms with Crippen molar-refractivity contribution in [2.45, 2.75) is 45.8 Å². The van der Waals surface area contributed by atoms with Gasteiger partial charge in [-0.15, -0.1) is 0 Å². The van der Waals surface area contributed by atoms with Crippen LogP contribution in [0.1, 0.15) is 33.3 Å². The van der Waals surface area contributed by atoms with Crippen LogP contribution in [-0.4, -0.2) is 22.6 Å². The zero-order valence-electron chi connectivity index (χ0n) is 11.7. The number of amides is 1. The van der Waals surface area contributed by atoms with Gasteiger partial charge in [0.15, 0.2) is 0 Å². The van der Waals surface area contributed by atoms with Gasteiger partial charge in [-0.05, 0) is 45.9 Å². The molecule has 0 bridgehead atoms. The van der Waals surface area contributed by atoms with E-state index in [9.17, 15) is 9.90 Å². The van der Waals surface area contributed by atoms with Crippen LogP contribution in [0.15, 0.2) is 18.2 Å². The normalized spacial score (nSPS) is 13.1. The van der Waals surface area contributed by atoms with Gasteiger partial charge in [-0.1, -0.05) is 11.6 Å². The average molecular weight is 285 g/mol. The van der Waals surface area contributed by atoms with E-state index in [2.05, 4.69) is 10.6 Å². The van der Waals surface area contributed by atoms with Crippen LogP contribution in [0.5, 0.6) is 5.75 Å². The summed E-state index contributed by atoms with van der Waals surface area (Å²) in [5.41, 5.74) is 0.411. The summed E-state index contributed by atoms with van der Waals surface area (Å²) in [5, 5.41) is 16.2. The van der Waals surface area contributed by atoms with Gasteiger partial charge in [0.1, 0.15) is 5.75 Å². The number of nitrogens with one attached hydrogen (secondary N) is 2. The molecule has 0 heterocycles. The van der Waals surface area contributed by atoms with Crippen LogP contribution in [0.25, 0.3) is 0 Å². The molecule has 0 aliphatic carbocycles. The van der Waals surface area contributed by atoms with Crippen molar-refractivity contribution >= 4 is 17.5 Å². The minimum absolute atomic E-state index is 0.0750. The van der Waals surface area contributed by atoms with E-state index in [1.807, 2.05) is 20.8 Å². The van der Waals surface area contributed by atoms with Crippen LogP contribution >= 0.6 is 11.6 Å². The molecule has 0 spiro atoms. The molecule has 1 atom stereocenters. The Morgan fingerprint density at radius 1 is 1.42 bits per heavy atom. The first-order chi connectivity index (χ1) is 8.69. The quantitative estimate of drug-likeness (QED) is 0.796. The van der Waals surface area contributed by atoms with E-state index in [-0.39, 0.29) is 23.2 Å². The van der Waals surface area contributed by atoms with Crippen LogP contribution in [0, 0.1) is 0 Å². The van der Waals surface area contributed by atoms with E-state index in [4.69, 9.17) is 11.6 Å². The largest absolute Gasteiger partial charge is 0.508 e. The highest BCUT2D eigenvalue weighted by Gasteiger charge is 2.18. The lowest BCUT2D eigenvalue weighted by Crippen LogP contribution is -2.49. The van der Waals surface area contributed by atoms with Gasteiger partial charge in [-0.3, -0.25) is 4.79 Å². The molecular weight excluding hydrogens is 264 g/mol. The molecular formula is C14H21ClN2O2. The standard InChI is InChI=1S/C14H21ClN2O2/c1-9(13(19)17-14(2,3)4)16-8-10-7-11(15)5-6-12(10)18/h5-7,9,16,18H,8H2,1-4H3,(H,17,19). The van der Waals surface area contributed by atoms with Gasteiger partial charge in [0.2, 0.25) is 5.91 Å². The molecule has 3 N–H and O–H groups in total. The topological polar surface area (TPSA) is 61.4 Å². The molecule has 1 amide bonds. The fraction of sp³-hybridized carbons (Fsp3) is 0.500. The first-order valence-electron chi connectivity index (χ1n) is 6.22. The Morgan fingerprint density at radius 3 is 2.63 bits per heavy atom. The summed E-state index contributed by atoms with van der Waals surface area (Å²) >= 11 is 5.86. The molecule has 0 aliphatic rings. The van der Waals surface area contributed by atoms with Crippen LogP contribution < -0.4 is 10.6 Å². The predicted octanol–water partition coefficient (Wildman–Crippen LogP) is 2.44. The van der Waals surface area contributed by atoms with Crippen molar-refractivity contribution in [3.05, 3.63) is 28.8 Å². The van der Waals surface area contributed by atoms with Gasteiger partial charge >= 0.3 is 0 Å². The van der Waals surface area contributed by atoms with Crippen molar-refractivity contribution in [1.82, 2.24) is 10.6 Å². The molecule has 1 aromatic rings. The summed E-state index contributed by atoms with van der Waals surface area (Å²) < 4.78 is 0. The van der Waals surface area contributed by atoms with E-state index >= 15 is 0 Å². The summed E-state index contributed by atoms with van der Waals surface area (Å²) in [6, 6.07) is 4.49. The fourth-order valence-corrected chi connectivity index (χ4v) is 1.72. The predicted molar refractivity (Wildman–Crippen MR) is 77.3 cm³/mol. The highest BCUT2D eigenvalue weighted by atomic mass is 35.5. The van der Waals surface area contributed by atoms with Gasteiger partial charge in [-0.25, -0.2) is 0 Å². The van der Waals surface area contributed by atoms with Crippen molar-refractivity contribution in [1.29, 1.82) is 0 Å². The Balaban J connectivity index is 2.56. The number of halogens is 1. The molecule has 0 radical (unpaired) electrons. The van der Waals surface area contributed by atoms with E-state index in [1.165, 1.54) is 0 Å². The van der Waals surface area contributed by atoms with Crippen molar-refractivity contribution < 1.29 is 9.90 Å². The van der Waals surface area contributed by atoms with Crippen LogP contribution in [0.4, 0.5) is 0 Å². The SMILES string of the molecule is CC(NCc1cc(Cl)ccc1O)C(=O)NC(C)(C)C. The molecule has 106 valence electrons. The lowest BCUT2D eigenvalue weighted by atomic mass is 10.1. The Morgan fingerprint density at radius 2 is 2.05 bits per heavy atom. The third kappa shape index (κ3) is 5.49. The first-order valence-corrected chi connectivity index (χ1v) is 6.59. The monoisotopic (exact) mass is 284 g/mol. The fourth-order valence-electron chi connectivity index (χ4n) is 1.53. The molecule has 4 nitrogen and oxygen atoms in total. The van der Waals surface area contributed by atoms with Crippen molar-refractivity contribution in [2.24, 2.45) is 0 Å². The maximum atomic E-state index is 11.9. The van der Waals surface area contributed by atoms with Crippen LogP contribution in [-0.2, 0) is 11.3 Å². The second kappa shape index (κ2) is 6.26. The number of phenols is 1. The molecule has 0 saturated carbocycles. The Kier molecular flexibility index (Phi) is 5.20. The highest BCUT2D eigenvalue weighted by molar-refractivity contribution is 6.30. The Hall–Kier alpha value is -1.26. The van der Waals surface area contributed by atoms with Crippen LogP contribution in [0.3, 0.4) is 0 Å². The highest BCUT2D eigenvalue weighted by Crippen LogP contribution is 2.21. The minimum Gasteiger partial charge on any atom is -0.508 e. The number of benzene rings is 1. The smallest absolute Gasteiger partial charge is 0.237 e. The zero-order chi connectivity index (χ0) is 14.6. The third-order valence-electron chi connectivity index (χ3n) is 2.53. The molecule has 1 unspecified atom stereocenters. The number of carbonyl (C=O) groups is 1. The average Bonchev–Trinajstić information content (AvgIpc) is 2.27. The molecule has 0 saturated heterocycles. The van der Waals surface area contributed by atoms with Gasteiger partial charge in [-0.2, -0.15) is 0 Å². The van der Waals surface area contributed by atoms with Gasteiger partial charge < -0.3 is 15.7 Å². The molecule has 0 aliphatic heterocycles. The number of hydrogen-bond donors (Lipinski definition) is 3. The van der Waals surface area contributed by atoms with Crippen LogP contribution in [0.2, 0.25) is 5.02 Å². The number of carbonyl (C=O) groups excluding carboxylic acids is 1. The van der Waals surface area contributed by atoms with Crippen molar-refractivity contribution in [3.63, 3.8) is 0 Å². The molecule has 0 fully saturated rings. The Labute approximate surface area is 119 Å². The summed E-state index contributed by atoms with van der Waals surface area (Å²) in [6.45, 7) is 7.95. The molecule has 1 rings (SSSR count). The maximum Gasteiger partial charge on any atom is 0.237 e. The van der Waals surface area contributed by atoms with Gasteiger partial charge in [0, 0.05) is 22.7 Å². The van der Waals surface area contributed by atoms with Crippen molar-refractivity contribution in [2.75, 3.05) is 0 Å². The van der Waals surface area contributed by atoms with Crippen molar-refractivity contribution in [3.8, 4) is 5.75 Å². The summed E-state index contributed by atoms with van der Waals surface area (Å²) in [4.78, 5) is 11.9. The summed E-state index contributed by atoms with van der Waals surface area (Å²) in [7, 11) is 0. The number of rotatable bonds is 4. The van der Waals surface area contributed by atoms with E-state index in [1.54, 1.807) is 25.1 Å². The zero-order valence-corrected chi connectivity index (χ0v) is 12.5. The third-order valence-corrected chi connectivity index (χ3v) is 2.77. The molecule has 0 aromatic heterocycles. The maximum absolute atomic E-state index is 11.9. The van der Waals surface area contributed by atoms with Gasteiger partial charge in [0.05, 0.1) is 6.04 Å².